The fourth-order valence-corrected chi connectivity index (χ4v) is 2.53. The maximum absolute atomic E-state index is 13.2. The number of amides is 1. The summed E-state index contributed by atoms with van der Waals surface area (Å²) in [6.45, 7) is 0.462. The molecule has 0 bridgehead atoms. The Morgan fingerprint density at radius 3 is 2.66 bits per heavy atom. The zero-order chi connectivity index (χ0) is 19.4. The maximum atomic E-state index is 13.2. The van der Waals surface area contributed by atoms with Crippen molar-refractivity contribution in [3.05, 3.63) is 65.6 Å². The van der Waals surface area contributed by atoms with E-state index in [1.807, 2.05) is 35.9 Å². The number of hydrogen-bond acceptors (Lipinski definition) is 4. The van der Waals surface area contributed by atoms with Gasteiger partial charge in [0.05, 0.1) is 24.3 Å². The molecule has 0 unspecified atom stereocenters. The highest BCUT2D eigenvalue weighted by Crippen LogP contribution is 2.20. The van der Waals surface area contributed by atoms with Crippen LogP contribution in [0.5, 0.6) is 5.75 Å². The first-order chi connectivity index (χ1) is 12.9. The molecule has 6 nitrogen and oxygen atoms in total. The van der Waals surface area contributed by atoms with E-state index in [2.05, 4.69) is 10.3 Å². The van der Waals surface area contributed by atoms with Gasteiger partial charge >= 0.3 is 0 Å². The van der Waals surface area contributed by atoms with Crippen LogP contribution in [0.15, 0.2) is 48.8 Å². The van der Waals surface area contributed by atoms with Gasteiger partial charge in [-0.25, -0.2) is 13.8 Å². The summed E-state index contributed by atoms with van der Waals surface area (Å²) in [5.41, 5.74) is 7.72. The molecule has 0 aliphatic rings. The van der Waals surface area contributed by atoms with E-state index < -0.39 is 24.9 Å². The lowest BCUT2D eigenvalue weighted by Gasteiger charge is -2.15. The Morgan fingerprint density at radius 1 is 1.21 bits per heavy atom. The van der Waals surface area contributed by atoms with Crippen molar-refractivity contribution in [3.63, 3.8) is 0 Å². The van der Waals surface area contributed by atoms with Gasteiger partial charge < -0.3 is 20.2 Å². The number of carbonyl (C=O) groups is 1. The van der Waals surface area contributed by atoms with Crippen molar-refractivity contribution in [2.45, 2.75) is 19.5 Å². The summed E-state index contributed by atoms with van der Waals surface area (Å²) in [6, 6.07) is 10.3. The number of carbonyl (C=O) groups excluding carboxylic acids is 1. The molecule has 0 spiro atoms. The van der Waals surface area contributed by atoms with Gasteiger partial charge in [0.1, 0.15) is 18.0 Å². The van der Waals surface area contributed by atoms with Crippen LogP contribution in [0.25, 0.3) is 5.65 Å². The number of ether oxygens (including phenoxy) is 1. The van der Waals surface area contributed by atoms with Crippen LogP contribution >= 0.6 is 24.8 Å². The van der Waals surface area contributed by atoms with Crippen molar-refractivity contribution in [2.75, 3.05) is 13.1 Å². The van der Waals surface area contributed by atoms with Crippen molar-refractivity contribution < 1.29 is 18.3 Å². The first kappa shape index (κ1) is 24.6. The number of aromatic nitrogens is 2. The Balaban J connectivity index is 0.00000210. The van der Waals surface area contributed by atoms with Crippen LogP contribution in [-0.2, 0) is 6.61 Å². The topological polar surface area (TPSA) is 81.6 Å². The molecule has 1 amide bonds. The van der Waals surface area contributed by atoms with E-state index >= 15 is 0 Å². The summed E-state index contributed by atoms with van der Waals surface area (Å²) in [5.74, 6) is -3.51. The third-order valence-corrected chi connectivity index (χ3v) is 3.96. The SMILES string of the molecule is Cc1ccc2nc(COc3ccccc3C(=O)NCC(F)(F)CN)cn2c1.Cl.Cl. The molecule has 29 heavy (non-hydrogen) atoms. The molecule has 3 rings (SSSR count). The first-order valence-electron chi connectivity index (χ1n) is 8.40. The van der Waals surface area contributed by atoms with Gasteiger partial charge in [0.25, 0.3) is 11.8 Å². The van der Waals surface area contributed by atoms with Crippen molar-refractivity contribution in [1.29, 1.82) is 0 Å². The lowest BCUT2D eigenvalue weighted by atomic mass is 10.2. The van der Waals surface area contributed by atoms with E-state index in [0.717, 1.165) is 11.2 Å². The highest BCUT2D eigenvalue weighted by atomic mass is 35.5. The Hall–Kier alpha value is -2.42. The summed E-state index contributed by atoms with van der Waals surface area (Å²) < 4.78 is 34.1. The summed E-state index contributed by atoms with van der Waals surface area (Å²) in [6.07, 6.45) is 3.79. The van der Waals surface area contributed by atoms with Gasteiger partial charge in [0.2, 0.25) is 0 Å². The zero-order valence-electron chi connectivity index (χ0n) is 15.6. The number of halogens is 4. The molecule has 10 heteroatoms. The Kier molecular flexibility index (Phi) is 8.81. The lowest BCUT2D eigenvalue weighted by Crippen LogP contribution is -2.41. The quantitative estimate of drug-likeness (QED) is 0.582. The number of nitrogens with one attached hydrogen (secondary N) is 1. The number of alkyl halides is 2. The minimum absolute atomic E-state index is 0. The van der Waals surface area contributed by atoms with Crippen molar-refractivity contribution in [2.24, 2.45) is 5.73 Å². The lowest BCUT2D eigenvalue weighted by molar-refractivity contribution is 0.0118. The van der Waals surface area contributed by atoms with Gasteiger partial charge in [-0.15, -0.1) is 24.8 Å². The highest BCUT2D eigenvalue weighted by Gasteiger charge is 2.27. The number of aryl methyl sites for hydroxylation is 1. The molecule has 2 aromatic heterocycles. The fourth-order valence-electron chi connectivity index (χ4n) is 2.53. The number of para-hydroxylation sites is 1. The molecule has 1 aromatic carbocycles. The largest absolute Gasteiger partial charge is 0.486 e. The Morgan fingerprint density at radius 2 is 1.93 bits per heavy atom. The molecule has 0 saturated carbocycles. The normalized spacial score (nSPS) is 10.8. The van der Waals surface area contributed by atoms with E-state index in [-0.39, 0.29) is 37.0 Å². The second-order valence-corrected chi connectivity index (χ2v) is 6.23. The van der Waals surface area contributed by atoms with Gasteiger partial charge in [0, 0.05) is 12.4 Å². The second-order valence-electron chi connectivity index (χ2n) is 6.23. The number of hydrogen-bond donors (Lipinski definition) is 2. The van der Waals surface area contributed by atoms with Gasteiger partial charge in [-0.1, -0.05) is 18.2 Å². The number of fused-ring (bicyclic) bond motifs is 1. The van der Waals surface area contributed by atoms with Crippen LogP contribution in [-0.4, -0.2) is 34.3 Å². The molecular weight excluding hydrogens is 425 g/mol. The highest BCUT2D eigenvalue weighted by molar-refractivity contribution is 5.96. The minimum atomic E-state index is -3.15. The number of rotatable bonds is 7. The molecule has 158 valence electrons. The fraction of sp³-hybridized carbons (Fsp3) is 0.263. The van der Waals surface area contributed by atoms with Gasteiger partial charge in [-0.05, 0) is 30.7 Å². The van der Waals surface area contributed by atoms with E-state index in [1.54, 1.807) is 18.2 Å². The molecule has 0 aliphatic heterocycles. The monoisotopic (exact) mass is 446 g/mol. The number of pyridine rings is 1. The Labute approximate surface area is 179 Å². The zero-order valence-corrected chi connectivity index (χ0v) is 17.2. The van der Waals surface area contributed by atoms with Crippen LogP contribution in [0.1, 0.15) is 21.6 Å². The van der Waals surface area contributed by atoms with Crippen molar-refractivity contribution >= 4 is 36.4 Å². The minimum Gasteiger partial charge on any atom is -0.486 e. The summed E-state index contributed by atoms with van der Waals surface area (Å²) in [4.78, 5) is 16.7. The molecule has 0 radical (unpaired) electrons. The number of nitrogens with zero attached hydrogens (tertiary/aromatic N) is 2. The third-order valence-electron chi connectivity index (χ3n) is 3.96. The van der Waals surface area contributed by atoms with Crippen LogP contribution in [0.3, 0.4) is 0 Å². The van der Waals surface area contributed by atoms with E-state index in [1.165, 1.54) is 6.07 Å². The van der Waals surface area contributed by atoms with Crippen molar-refractivity contribution in [1.82, 2.24) is 14.7 Å². The van der Waals surface area contributed by atoms with Crippen molar-refractivity contribution in [3.8, 4) is 5.75 Å². The van der Waals surface area contributed by atoms with Crippen LogP contribution in [0.2, 0.25) is 0 Å². The summed E-state index contributed by atoms with van der Waals surface area (Å²) in [7, 11) is 0. The molecule has 0 fully saturated rings. The van der Waals surface area contributed by atoms with Gasteiger partial charge in [0.15, 0.2) is 0 Å². The van der Waals surface area contributed by atoms with Crippen LogP contribution in [0.4, 0.5) is 8.78 Å². The molecule has 3 N–H and O–H groups in total. The predicted molar refractivity (Wildman–Crippen MR) is 112 cm³/mol. The maximum Gasteiger partial charge on any atom is 0.277 e. The van der Waals surface area contributed by atoms with Gasteiger partial charge in [-0.3, -0.25) is 4.79 Å². The smallest absolute Gasteiger partial charge is 0.277 e. The summed E-state index contributed by atoms with van der Waals surface area (Å²) >= 11 is 0. The van der Waals surface area contributed by atoms with E-state index in [4.69, 9.17) is 10.5 Å². The molecule has 3 aromatic rings. The van der Waals surface area contributed by atoms with Crippen LogP contribution in [0, 0.1) is 6.92 Å². The molecule has 2 heterocycles. The molecule has 0 atom stereocenters. The number of nitrogens with two attached hydrogens (primary N) is 1. The number of imidazole rings is 1. The van der Waals surface area contributed by atoms with E-state index in [9.17, 15) is 13.6 Å². The van der Waals surface area contributed by atoms with Crippen LogP contribution < -0.4 is 15.8 Å². The first-order valence-corrected chi connectivity index (χ1v) is 8.40. The van der Waals surface area contributed by atoms with Gasteiger partial charge in [-0.2, -0.15) is 0 Å². The van der Waals surface area contributed by atoms with E-state index in [0.29, 0.717) is 11.4 Å². The molecule has 0 aliphatic carbocycles. The predicted octanol–water partition coefficient (Wildman–Crippen LogP) is 3.39. The average molecular weight is 447 g/mol. The second kappa shape index (κ2) is 10.4. The standard InChI is InChI=1S/C19H20F2N4O2.2ClH/c1-13-6-7-17-24-14(9-25(17)8-13)10-27-16-5-3-2-4-15(16)18(26)23-12-19(20,21)11-22;;/h2-9H,10-12,22H2,1H3,(H,23,26);2*1H. The average Bonchev–Trinajstić information content (AvgIpc) is 3.06. The molecular formula is C19H22Cl2F2N4O2. The Bertz CT molecular complexity index is 966. The summed E-state index contributed by atoms with van der Waals surface area (Å²) in [5, 5.41) is 2.19. The number of benzene rings is 1. The third kappa shape index (κ3) is 6.28. The molecule has 0 saturated heterocycles.